The van der Waals surface area contributed by atoms with Gasteiger partial charge in [0.05, 0.1) is 6.10 Å². The van der Waals surface area contributed by atoms with Crippen LogP contribution in [0.1, 0.15) is 19.0 Å². The van der Waals surface area contributed by atoms with Crippen LogP contribution in [0.2, 0.25) is 0 Å². The normalized spacial score (nSPS) is 24.8. The lowest BCUT2D eigenvalue weighted by Gasteiger charge is -2.35. The van der Waals surface area contributed by atoms with Crippen LogP contribution in [0, 0.1) is 12.8 Å². The van der Waals surface area contributed by atoms with E-state index in [0.717, 1.165) is 24.5 Å². The summed E-state index contributed by atoms with van der Waals surface area (Å²) in [6.45, 7) is 5.64. The highest BCUT2D eigenvalue weighted by Crippen LogP contribution is 2.22. The van der Waals surface area contributed by atoms with Crippen LogP contribution >= 0.6 is 0 Å². The molecule has 0 aliphatic carbocycles. The summed E-state index contributed by atoms with van der Waals surface area (Å²) in [7, 11) is 1.81. The molecule has 0 bridgehead atoms. The molecule has 94 valence electrons. The van der Waals surface area contributed by atoms with Gasteiger partial charge in [0.25, 0.3) is 0 Å². The molecule has 2 heterocycles. The number of piperidine rings is 1. The monoisotopic (exact) mass is 236 g/mol. The van der Waals surface area contributed by atoms with Crippen molar-refractivity contribution in [3.05, 3.63) is 11.8 Å². The van der Waals surface area contributed by atoms with Gasteiger partial charge in [-0.15, -0.1) is 0 Å². The first-order valence-electron chi connectivity index (χ1n) is 6.06. The average molecular weight is 236 g/mol. The van der Waals surface area contributed by atoms with Crippen molar-refractivity contribution in [1.29, 1.82) is 0 Å². The molecule has 2 rings (SSSR count). The van der Waals surface area contributed by atoms with E-state index in [1.54, 1.807) is 0 Å². The lowest BCUT2D eigenvalue weighted by molar-refractivity contribution is 0.102. The van der Waals surface area contributed by atoms with Gasteiger partial charge in [0.2, 0.25) is 5.95 Å². The van der Waals surface area contributed by atoms with Gasteiger partial charge in [-0.25, -0.2) is 4.98 Å². The van der Waals surface area contributed by atoms with Gasteiger partial charge in [-0.2, -0.15) is 4.98 Å². The topological polar surface area (TPSA) is 61.3 Å². The second-order valence-corrected chi connectivity index (χ2v) is 4.72. The van der Waals surface area contributed by atoms with Gasteiger partial charge < -0.3 is 15.3 Å². The number of nitrogens with one attached hydrogen (secondary N) is 1. The summed E-state index contributed by atoms with van der Waals surface area (Å²) >= 11 is 0. The molecule has 5 nitrogen and oxygen atoms in total. The molecular formula is C12H20N4O. The van der Waals surface area contributed by atoms with Crippen LogP contribution in [0.25, 0.3) is 0 Å². The van der Waals surface area contributed by atoms with Crippen molar-refractivity contribution in [2.45, 2.75) is 26.4 Å². The van der Waals surface area contributed by atoms with Gasteiger partial charge in [-0.3, -0.25) is 0 Å². The maximum atomic E-state index is 9.90. The van der Waals surface area contributed by atoms with Gasteiger partial charge in [0.15, 0.2) is 0 Å². The van der Waals surface area contributed by atoms with Crippen molar-refractivity contribution < 1.29 is 5.11 Å². The van der Waals surface area contributed by atoms with Crippen LogP contribution < -0.4 is 10.2 Å². The van der Waals surface area contributed by atoms with E-state index in [1.165, 1.54) is 0 Å². The third-order valence-electron chi connectivity index (χ3n) is 3.31. The smallest absolute Gasteiger partial charge is 0.224 e. The first-order chi connectivity index (χ1) is 8.10. The van der Waals surface area contributed by atoms with Gasteiger partial charge in [0.1, 0.15) is 5.82 Å². The number of β-amino-alcohol motifs (C(OH)–C–C–N with tert-alkyl or cyclic N) is 1. The van der Waals surface area contributed by atoms with E-state index in [1.807, 2.05) is 20.0 Å². The number of rotatable bonds is 2. The molecule has 1 aromatic heterocycles. The quantitative estimate of drug-likeness (QED) is 0.803. The molecule has 2 unspecified atom stereocenters. The second kappa shape index (κ2) is 4.87. The molecule has 1 saturated heterocycles. The Hall–Kier alpha value is -1.36. The van der Waals surface area contributed by atoms with Gasteiger partial charge >= 0.3 is 0 Å². The Kier molecular flexibility index (Phi) is 3.47. The van der Waals surface area contributed by atoms with Crippen LogP contribution in [0.5, 0.6) is 0 Å². The number of aliphatic hydroxyl groups is 1. The molecule has 1 aliphatic heterocycles. The summed E-state index contributed by atoms with van der Waals surface area (Å²) in [5, 5.41) is 12.9. The molecule has 0 amide bonds. The Balaban J connectivity index is 2.19. The molecule has 0 aromatic carbocycles. The summed E-state index contributed by atoms with van der Waals surface area (Å²) in [6, 6.07) is 1.96. The van der Waals surface area contributed by atoms with E-state index >= 15 is 0 Å². The van der Waals surface area contributed by atoms with Crippen LogP contribution in [0.15, 0.2) is 6.07 Å². The Morgan fingerprint density at radius 3 is 2.88 bits per heavy atom. The van der Waals surface area contributed by atoms with E-state index in [2.05, 4.69) is 27.1 Å². The second-order valence-electron chi connectivity index (χ2n) is 4.72. The molecule has 2 N–H and O–H groups in total. The van der Waals surface area contributed by atoms with Crippen LogP contribution in [0.4, 0.5) is 11.8 Å². The molecule has 1 aliphatic rings. The highest BCUT2D eigenvalue weighted by Gasteiger charge is 2.25. The highest BCUT2D eigenvalue weighted by molar-refractivity contribution is 5.45. The van der Waals surface area contributed by atoms with Crippen molar-refractivity contribution in [2.75, 3.05) is 30.4 Å². The molecule has 2 atom stereocenters. The third kappa shape index (κ3) is 2.66. The van der Waals surface area contributed by atoms with Crippen LogP contribution in [0.3, 0.4) is 0 Å². The Morgan fingerprint density at radius 2 is 2.24 bits per heavy atom. The Labute approximate surface area is 102 Å². The van der Waals surface area contributed by atoms with Crippen molar-refractivity contribution in [2.24, 2.45) is 5.92 Å². The first-order valence-corrected chi connectivity index (χ1v) is 6.06. The predicted octanol–water partition coefficient (Wildman–Crippen LogP) is 1.03. The van der Waals surface area contributed by atoms with Gasteiger partial charge in [0, 0.05) is 31.9 Å². The standard InChI is InChI=1S/C12H20N4O/c1-8-4-5-16(7-10(8)17)11-6-9(2)14-12(13-3)15-11/h6,8,10,17H,4-5,7H2,1-3H3,(H,13,14,15). The molecular weight excluding hydrogens is 216 g/mol. The lowest BCUT2D eigenvalue weighted by Crippen LogP contribution is -2.43. The Morgan fingerprint density at radius 1 is 1.47 bits per heavy atom. The van der Waals surface area contributed by atoms with Gasteiger partial charge in [-0.05, 0) is 19.3 Å². The summed E-state index contributed by atoms with van der Waals surface area (Å²) in [4.78, 5) is 10.8. The third-order valence-corrected chi connectivity index (χ3v) is 3.31. The van der Waals surface area contributed by atoms with E-state index in [0.29, 0.717) is 18.4 Å². The van der Waals surface area contributed by atoms with E-state index in [-0.39, 0.29) is 6.10 Å². The summed E-state index contributed by atoms with van der Waals surface area (Å²) < 4.78 is 0. The average Bonchev–Trinajstić information content (AvgIpc) is 2.32. The van der Waals surface area contributed by atoms with Gasteiger partial charge in [-0.1, -0.05) is 6.92 Å². The number of aryl methyl sites for hydroxylation is 1. The molecule has 1 fully saturated rings. The molecule has 1 aromatic rings. The largest absolute Gasteiger partial charge is 0.391 e. The number of aromatic nitrogens is 2. The lowest BCUT2D eigenvalue weighted by atomic mass is 9.96. The van der Waals surface area contributed by atoms with Crippen molar-refractivity contribution in [3.8, 4) is 0 Å². The van der Waals surface area contributed by atoms with E-state index in [4.69, 9.17) is 0 Å². The van der Waals surface area contributed by atoms with Crippen molar-refractivity contribution in [1.82, 2.24) is 9.97 Å². The van der Waals surface area contributed by atoms with Crippen molar-refractivity contribution in [3.63, 3.8) is 0 Å². The zero-order valence-electron chi connectivity index (χ0n) is 10.6. The first kappa shape index (κ1) is 12.1. The maximum Gasteiger partial charge on any atom is 0.224 e. The molecule has 5 heteroatoms. The Bertz CT molecular complexity index is 396. The molecule has 0 saturated carbocycles. The highest BCUT2D eigenvalue weighted by atomic mass is 16.3. The zero-order chi connectivity index (χ0) is 12.4. The minimum Gasteiger partial charge on any atom is -0.391 e. The number of nitrogens with zero attached hydrogens (tertiary/aromatic N) is 3. The number of anilines is 2. The molecule has 17 heavy (non-hydrogen) atoms. The maximum absolute atomic E-state index is 9.90. The fourth-order valence-electron chi connectivity index (χ4n) is 2.08. The summed E-state index contributed by atoms with van der Waals surface area (Å²) in [5.41, 5.74) is 0.937. The van der Waals surface area contributed by atoms with Crippen molar-refractivity contribution >= 4 is 11.8 Å². The number of hydrogen-bond donors (Lipinski definition) is 2. The SMILES string of the molecule is CNc1nc(C)cc(N2CCC(C)C(O)C2)n1. The molecule has 0 spiro atoms. The van der Waals surface area contributed by atoms with Crippen LogP contribution in [-0.2, 0) is 0 Å². The van der Waals surface area contributed by atoms with E-state index in [9.17, 15) is 5.11 Å². The minimum atomic E-state index is -0.267. The number of aliphatic hydroxyl groups excluding tert-OH is 1. The predicted molar refractivity (Wildman–Crippen MR) is 68.3 cm³/mol. The van der Waals surface area contributed by atoms with E-state index < -0.39 is 0 Å². The minimum absolute atomic E-state index is 0.267. The fraction of sp³-hybridized carbons (Fsp3) is 0.667. The summed E-state index contributed by atoms with van der Waals surface area (Å²) in [6.07, 6.45) is 0.732. The molecule has 0 radical (unpaired) electrons. The summed E-state index contributed by atoms with van der Waals surface area (Å²) in [5.74, 6) is 1.90. The number of hydrogen-bond acceptors (Lipinski definition) is 5. The zero-order valence-corrected chi connectivity index (χ0v) is 10.6. The fourth-order valence-corrected chi connectivity index (χ4v) is 2.08. The van der Waals surface area contributed by atoms with Crippen LogP contribution in [-0.4, -0.2) is 41.3 Å².